The molecule has 1 aliphatic rings. The number of carboxylic acid groups (broad SMARTS) is 1. The van der Waals surface area contributed by atoms with Crippen molar-refractivity contribution in [2.75, 3.05) is 18.6 Å². The molecule has 2 atom stereocenters. The molecule has 1 fully saturated rings. The number of carbonyl (C=O) groups excluding carboxylic acids is 2. The van der Waals surface area contributed by atoms with E-state index in [9.17, 15) is 23.9 Å². The molecular formula is C20H24FN3O6. The number of urea groups is 1. The van der Waals surface area contributed by atoms with Gasteiger partial charge in [0, 0.05) is 11.8 Å². The fourth-order valence-electron chi connectivity index (χ4n) is 4.13. The lowest BCUT2D eigenvalue weighted by Gasteiger charge is -2.46. The van der Waals surface area contributed by atoms with Crippen LogP contribution in [0.25, 0.3) is 11.0 Å². The summed E-state index contributed by atoms with van der Waals surface area (Å²) in [6.07, 6.45) is -2.25. The number of furan rings is 1. The van der Waals surface area contributed by atoms with E-state index in [2.05, 4.69) is 0 Å². The second-order valence-electron chi connectivity index (χ2n) is 8.27. The van der Waals surface area contributed by atoms with Gasteiger partial charge in [0.2, 0.25) is 0 Å². The van der Waals surface area contributed by atoms with Gasteiger partial charge < -0.3 is 20.0 Å². The van der Waals surface area contributed by atoms with E-state index in [-0.39, 0.29) is 5.69 Å². The second kappa shape index (κ2) is 7.19. The van der Waals surface area contributed by atoms with Crippen LogP contribution in [0.15, 0.2) is 28.9 Å². The Hall–Kier alpha value is -3.30. The Labute approximate surface area is 172 Å². The third-order valence-electron chi connectivity index (χ3n) is 5.61. The van der Waals surface area contributed by atoms with Gasteiger partial charge in [-0.25, -0.2) is 18.9 Å². The maximum absolute atomic E-state index is 14.5. The highest BCUT2D eigenvalue weighted by molar-refractivity contribution is 6.21. The number of ether oxygens (including phenoxy) is 1. The van der Waals surface area contributed by atoms with E-state index in [0.29, 0.717) is 21.6 Å². The fraction of sp³-hybridized carbons (Fsp3) is 0.450. The quantitative estimate of drug-likeness (QED) is 0.783. The van der Waals surface area contributed by atoms with E-state index in [1.807, 2.05) is 0 Å². The van der Waals surface area contributed by atoms with Crippen molar-refractivity contribution in [2.45, 2.75) is 38.9 Å². The molecule has 2 heterocycles. The number of imide groups is 1. The van der Waals surface area contributed by atoms with Gasteiger partial charge in [-0.1, -0.05) is 20.8 Å². The van der Waals surface area contributed by atoms with Crippen LogP contribution in [0, 0.1) is 5.41 Å². The van der Waals surface area contributed by atoms with Gasteiger partial charge in [-0.15, -0.1) is 0 Å². The topological polar surface area (TPSA) is 126 Å². The van der Waals surface area contributed by atoms with Crippen LogP contribution in [0.2, 0.25) is 0 Å². The van der Waals surface area contributed by atoms with Gasteiger partial charge in [-0.05, 0) is 23.6 Å². The van der Waals surface area contributed by atoms with Crippen LogP contribution in [0.4, 0.5) is 19.7 Å². The summed E-state index contributed by atoms with van der Waals surface area (Å²) in [7, 11) is 1.46. The Balaban J connectivity index is 2.22. The van der Waals surface area contributed by atoms with Gasteiger partial charge in [0.15, 0.2) is 0 Å². The largest absolute Gasteiger partial charge is 0.497 e. The number of alkyl halides is 1. The van der Waals surface area contributed by atoms with Crippen molar-refractivity contribution in [1.82, 2.24) is 4.90 Å². The molecule has 9 nitrogen and oxygen atoms in total. The summed E-state index contributed by atoms with van der Waals surface area (Å²) >= 11 is 0. The fourth-order valence-corrected chi connectivity index (χ4v) is 4.13. The van der Waals surface area contributed by atoms with Crippen molar-refractivity contribution < 1.29 is 33.0 Å². The van der Waals surface area contributed by atoms with E-state index >= 15 is 0 Å². The van der Waals surface area contributed by atoms with Gasteiger partial charge in [0.1, 0.15) is 29.3 Å². The zero-order valence-electron chi connectivity index (χ0n) is 17.1. The van der Waals surface area contributed by atoms with Gasteiger partial charge in [0.25, 0.3) is 5.91 Å². The highest BCUT2D eigenvalue weighted by atomic mass is 19.1. The number of methoxy groups -OCH3 is 1. The summed E-state index contributed by atoms with van der Waals surface area (Å²) in [4.78, 5) is 39.6. The molecule has 10 heteroatoms. The highest BCUT2D eigenvalue weighted by Crippen LogP contribution is 2.47. The van der Waals surface area contributed by atoms with E-state index < -0.39 is 48.1 Å². The number of rotatable bonds is 3. The van der Waals surface area contributed by atoms with Crippen LogP contribution in [0.3, 0.4) is 0 Å². The Bertz CT molecular complexity index is 1010. The van der Waals surface area contributed by atoms with Crippen LogP contribution in [0.5, 0.6) is 5.75 Å². The molecular weight excluding hydrogens is 397 g/mol. The predicted molar refractivity (Wildman–Crippen MR) is 106 cm³/mol. The zero-order valence-corrected chi connectivity index (χ0v) is 17.1. The minimum atomic E-state index is -1.85. The lowest BCUT2D eigenvalue weighted by Crippen LogP contribution is -2.66. The maximum atomic E-state index is 14.5. The van der Waals surface area contributed by atoms with Crippen molar-refractivity contribution in [3.63, 3.8) is 0 Å². The molecule has 0 bridgehead atoms. The molecule has 0 saturated carbocycles. The summed E-state index contributed by atoms with van der Waals surface area (Å²) in [5.41, 5.74) is 3.04. The third kappa shape index (κ3) is 3.12. The number of hydrogen-bond acceptors (Lipinski definition) is 5. The van der Waals surface area contributed by atoms with Gasteiger partial charge in [-0.3, -0.25) is 9.69 Å². The molecule has 1 aliphatic heterocycles. The van der Waals surface area contributed by atoms with Crippen molar-refractivity contribution in [2.24, 2.45) is 11.1 Å². The summed E-state index contributed by atoms with van der Waals surface area (Å²) in [6, 6.07) is 3.65. The van der Waals surface area contributed by atoms with Crippen molar-refractivity contribution in [3.05, 3.63) is 24.5 Å². The molecule has 3 rings (SSSR count). The number of amides is 4. The summed E-state index contributed by atoms with van der Waals surface area (Å²) in [6.45, 7) is 4.38. The minimum absolute atomic E-state index is 0.0256. The molecule has 162 valence electrons. The molecule has 1 aromatic carbocycles. The molecule has 0 radical (unpaired) electrons. The number of nitrogens with zero attached hydrogens (tertiary/aromatic N) is 2. The van der Waals surface area contributed by atoms with E-state index in [4.69, 9.17) is 14.9 Å². The van der Waals surface area contributed by atoms with Crippen molar-refractivity contribution in [3.8, 4) is 5.75 Å². The molecule has 4 amide bonds. The van der Waals surface area contributed by atoms with Crippen LogP contribution in [-0.4, -0.2) is 53.4 Å². The normalized spacial score (nSPS) is 21.6. The number of carbonyl (C=O) groups is 3. The number of anilines is 1. The SMILES string of the molecule is COc1ccc2occ(N(C(N)=O)C(=O)[C@@]3(C(C)(C)C)C[C@H](F)CN3C(=O)O)c2c1. The Morgan fingerprint density at radius 3 is 2.57 bits per heavy atom. The molecule has 0 unspecified atom stereocenters. The monoisotopic (exact) mass is 421 g/mol. The Morgan fingerprint density at radius 1 is 1.37 bits per heavy atom. The molecule has 2 aromatic rings. The number of fused-ring (bicyclic) bond motifs is 1. The molecule has 0 spiro atoms. The number of halogens is 1. The van der Waals surface area contributed by atoms with Gasteiger partial charge >= 0.3 is 12.1 Å². The van der Waals surface area contributed by atoms with Crippen LogP contribution < -0.4 is 15.4 Å². The molecule has 3 N–H and O–H groups in total. The van der Waals surface area contributed by atoms with Crippen LogP contribution in [-0.2, 0) is 4.79 Å². The predicted octanol–water partition coefficient (Wildman–Crippen LogP) is 3.36. The molecule has 0 aliphatic carbocycles. The van der Waals surface area contributed by atoms with Crippen molar-refractivity contribution >= 4 is 34.7 Å². The number of nitrogens with two attached hydrogens (primary N) is 1. The lowest BCUT2D eigenvalue weighted by atomic mass is 9.70. The molecule has 30 heavy (non-hydrogen) atoms. The zero-order chi connectivity index (χ0) is 22.4. The Morgan fingerprint density at radius 2 is 2.03 bits per heavy atom. The molecule has 1 saturated heterocycles. The smallest absolute Gasteiger partial charge is 0.408 e. The second-order valence-corrected chi connectivity index (χ2v) is 8.27. The van der Waals surface area contributed by atoms with Gasteiger partial charge in [-0.2, -0.15) is 0 Å². The first-order valence-electron chi connectivity index (χ1n) is 9.28. The summed E-state index contributed by atoms with van der Waals surface area (Å²) < 4.78 is 25.1. The third-order valence-corrected chi connectivity index (χ3v) is 5.61. The van der Waals surface area contributed by atoms with Gasteiger partial charge in [0.05, 0.1) is 19.3 Å². The average Bonchev–Trinajstić information content (AvgIpc) is 3.22. The van der Waals surface area contributed by atoms with Crippen LogP contribution >= 0.6 is 0 Å². The highest BCUT2D eigenvalue weighted by Gasteiger charge is 2.62. The minimum Gasteiger partial charge on any atom is -0.497 e. The maximum Gasteiger partial charge on any atom is 0.408 e. The van der Waals surface area contributed by atoms with E-state index in [1.54, 1.807) is 39.0 Å². The standard InChI is InChI=1S/C20H24FN3O6/c1-19(2,3)20(8-11(21)9-23(20)18(27)28)16(25)24(17(22)26)14-10-30-15-6-5-12(29-4)7-13(14)15/h5-7,10-11H,8-9H2,1-4H3,(H2,22,26)(H,27,28)/t11-,20+/m0/s1. The first-order chi connectivity index (χ1) is 13.9. The number of hydrogen-bond donors (Lipinski definition) is 2. The average molecular weight is 421 g/mol. The Kier molecular flexibility index (Phi) is 5.13. The lowest BCUT2D eigenvalue weighted by molar-refractivity contribution is -0.133. The summed E-state index contributed by atoms with van der Waals surface area (Å²) in [5, 5.41) is 10.1. The summed E-state index contributed by atoms with van der Waals surface area (Å²) in [5.74, 6) is -0.486. The first kappa shape index (κ1) is 21.4. The van der Waals surface area contributed by atoms with Crippen LogP contribution in [0.1, 0.15) is 27.2 Å². The van der Waals surface area contributed by atoms with E-state index in [1.165, 1.54) is 13.4 Å². The number of likely N-dealkylation sites (tertiary alicyclic amines) is 1. The number of benzene rings is 1. The van der Waals surface area contributed by atoms with Crippen molar-refractivity contribution in [1.29, 1.82) is 0 Å². The first-order valence-corrected chi connectivity index (χ1v) is 9.28. The van der Waals surface area contributed by atoms with E-state index in [0.717, 1.165) is 4.90 Å². The molecule has 1 aromatic heterocycles. The number of primary amides is 1.